The Morgan fingerprint density at radius 2 is 1.78 bits per heavy atom. The summed E-state index contributed by atoms with van der Waals surface area (Å²) in [6.45, 7) is 7.33. The minimum Gasteiger partial charge on any atom is -0.207 e. The number of aryl methyl sites for hydroxylation is 1. The zero-order valence-electron chi connectivity index (χ0n) is 11.2. The lowest BCUT2D eigenvalue weighted by atomic mass is 10.1. The van der Waals surface area contributed by atoms with Crippen molar-refractivity contribution in [3.8, 4) is 0 Å². The molecule has 0 atom stereocenters. The summed E-state index contributed by atoms with van der Waals surface area (Å²) in [5.74, 6) is 0. The Kier molecular flexibility index (Phi) is 4.52. The lowest BCUT2D eigenvalue weighted by Crippen LogP contribution is -2.41. The van der Waals surface area contributed by atoms with Gasteiger partial charge in [-0.2, -0.15) is 0 Å². The van der Waals surface area contributed by atoms with E-state index >= 15 is 0 Å². The van der Waals surface area contributed by atoms with Gasteiger partial charge in [0.2, 0.25) is 10.0 Å². The summed E-state index contributed by atoms with van der Waals surface area (Å²) < 4.78 is 26.9. The van der Waals surface area contributed by atoms with Crippen LogP contribution in [0.1, 0.15) is 26.3 Å². The first-order chi connectivity index (χ1) is 8.27. The monoisotopic (exact) mass is 265 g/mol. The number of nitrogens with one attached hydrogen (secondary N) is 1. The Morgan fingerprint density at radius 1 is 1.22 bits per heavy atom. The van der Waals surface area contributed by atoms with Crippen molar-refractivity contribution >= 4 is 10.0 Å². The highest BCUT2D eigenvalue weighted by Crippen LogP contribution is 2.14. The molecule has 0 heterocycles. The maximum atomic E-state index is 12.2. The second-order valence-electron chi connectivity index (χ2n) is 4.74. The van der Waals surface area contributed by atoms with Crippen LogP contribution in [0.25, 0.3) is 0 Å². The highest BCUT2D eigenvalue weighted by atomic mass is 32.2. The average molecular weight is 265 g/mol. The van der Waals surface area contributed by atoms with Crippen molar-refractivity contribution in [2.75, 3.05) is 0 Å². The first-order valence-corrected chi connectivity index (χ1v) is 7.24. The van der Waals surface area contributed by atoms with Crippen LogP contribution in [0.4, 0.5) is 0 Å². The van der Waals surface area contributed by atoms with Gasteiger partial charge in [-0.25, -0.2) is 13.1 Å². The summed E-state index contributed by atoms with van der Waals surface area (Å²) in [7, 11) is -3.50. The molecule has 98 valence electrons. The molecule has 0 amide bonds. The molecule has 1 aromatic carbocycles. The van der Waals surface area contributed by atoms with Crippen LogP contribution in [-0.4, -0.2) is 14.0 Å². The number of hydrogen-bond donors (Lipinski definition) is 1. The number of sulfonamides is 1. The van der Waals surface area contributed by atoms with Gasteiger partial charge in [-0.05, 0) is 52.0 Å². The quantitative estimate of drug-likeness (QED) is 0.851. The fourth-order valence-corrected chi connectivity index (χ4v) is 2.81. The van der Waals surface area contributed by atoms with E-state index in [0.717, 1.165) is 5.56 Å². The number of hydrogen-bond acceptors (Lipinski definition) is 2. The summed E-state index contributed by atoms with van der Waals surface area (Å²) in [6, 6.07) is 6.77. The van der Waals surface area contributed by atoms with Crippen LogP contribution in [0, 0.1) is 6.92 Å². The van der Waals surface area contributed by atoms with E-state index in [9.17, 15) is 8.42 Å². The summed E-state index contributed by atoms with van der Waals surface area (Å²) in [6.07, 6.45) is 3.43. The van der Waals surface area contributed by atoms with Crippen molar-refractivity contribution in [3.05, 3.63) is 47.7 Å². The predicted octanol–water partition coefficient (Wildman–Crippen LogP) is 2.78. The van der Waals surface area contributed by atoms with Gasteiger partial charge in [-0.3, -0.25) is 0 Å². The van der Waals surface area contributed by atoms with Gasteiger partial charge in [-0.1, -0.05) is 17.7 Å². The third-order valence-electron chi connectivity index (χ3n) is 2.34. The summed E-state index contributed by atoms with van der Waals surface area (Å²) in [5, 5.41) is 0. The van der Waals surface area contributed by atoms with E-state index in [1.165, 1.54) is 0 Å². The fourth-order valence-electron chi connectivity index (χ4n) is 1.44. The number of rotatable bonds is 4. The third-order valence-corrected chi connectivity index (χ3v) is 4.03. The smallest absolute Gasteiger partial charge is 0.207 e. The Morgan fingerprint density at radius 3 is 2.28 bits per heavy atom. The van der Waals surface area contributed by atoms with Crippen LogP contribution in [0.15, 0.2) is 47.0 Å². The first kappa shape index (κ1) is 14.7. The second-order valence-corrected chi connectivity index (χ2v) is 6.42. The molecule has 3 nitrogen and oxygen atoms in total. The molecule has 4 heteroatoms. The van der Waals surface area contributed by atoms with E-state index in [0.29, 0.717) is 0 Å². The molecule has 0 aromatic heterocycles. The Bertz CT molecular complexity index is 562. The summed E-state index contributed by atoms with van der Waals surface area (Å²) in [4.78, 5) is 0.273. The van der Waals surface area contributed by atoms with Crippen LogP contribution in [-0.2, 0) is 10.0 Å². The highest BCUT2D eigenvalue weighted by Gasteiger charge is 2.23. The molecular weight excluding hydrogens is 246 g/mol. The van der Waals surface area contributed by atoms with Crippen molar-refractivity contribution in [3.63, 3.8) is 0 Å². The fraction of sp³-hybridized carbons (Fsp3) is 0.357. The van der Waals surface area contributed by atoms with E-state index in [1.54, 1.807) is 50.3 Å². The Hall–Kier alpha value is -1.35. The van der Waals surface area contributed by atoms with E-state index in [-0.39, 0.29) is 4.90 Å². The van der Waals surface area contributed by atoms with Gasteiger partial charge < -0.3 is 0 Å². The van der Waals surface area contributed by atoms with E-state index in [4.69, 9.17) is 0 Å². The van der Waals surface area contributed by atoms with Crippen LogP contribution >= 0.6 is 0 Å². The zero-order chi connectivity index (χ0) is 13.8. The molecule has 0 bridgehead atoms. The molecular formula is C14H19NO2S. The van der Waals surface area contributed by atoms with Crippen molar-refractivity contribution in [1.82, 2.24) is 4.72 Å². The molecule has 1 rings (SSSR count). The molecule has 1 aromatic rings. The van der Waals surface area contributed by atoms with E-state index in [1.807, 2.05) is 13.8 Å². The summed E-state index contributed by atoms with van der Waals surface area (Å²) in [5.41, 5.74) is 3.25. The molecule has 0 fully saturated rings. The van der Waals surface area contributed by atoms with Gasteiger partial charge in [0.1, 0.15) is 0 Å². The number of benzene rings is 1. The van der Waals surface area contributed by atoms with Crippen molar-refractivity contribution in [2.24, 2.45) is 0 Å². The van der Waals surface area contributed by atoms with Gasteiger partial charge in [-0.15, -0.1) is 5.73 Å². The van der Waals surface area contributed by atoms with Crippen LogP contribution in [0.5, 0.6) is 0 Å². The Balaban J connectivity index is 3.02. The zero-order valence-corrected chi connectivity index (χ0v) is 12.0. The highest BCUT2D eigenvalue weighted by molar-refractivity contribution is 7.89. The maximum Gasteiger partial charge on any atom is 0.241 e. The lowest BCUT2D eigenvalue weighted by Gasteiger charge is -2.21. The van der Waals surface area contributed by atoms with Gasteiger partial charge in [0, 0.05) is 0 Å². The predicted molar refractivity (Wildman–Crippen MR) is 73.9 cm³/mol. The molecule has 0 aliphatic carbocycles. The molecule has 0 aliphatic rings. The molecule has 0 saturated heterocycles. The lowest BCUT2D eigenvalue weighted by molar-refractivity contribution is 0.529. The van der Waals surface area contributed by atoms with Crippen LogP contribution in [0.2, 0.25) is 0 Å². The second kappa shape index (κ2) is 5.53. The minimum atomic E-state index is -3.50. The molecule has 0 aliphatic heterocycles. The van der Waals surface area contributed by atoms with Crippen molar-refractivity contribution < 1.29 is 8.42 Å². The van der Waals surface area contributed by atoms with Crippen molar-refractivity contribution in [1.29, 1.82) is 0 Å². The van der Waals surface area contributed by atoms with Gasteiger partial charge in [0.15, 0.2) is 0 Å². The average Bonchev–Trinajstić information content (AvgIpc) is 2.25. The minimum absolute atomic E-state index is 0.273. The van der Waals surface area contributed by atoms with E-state index < -0.39 is 15.6 Å². The van der Waals surface area contributed by atoms with Gasteiger partial charge in [0.05, 0.1) is 10.4 Å². The molecule has 0 saturated carbocycles. The SMILES string of the molecule is CC=C=CC(C)(C)NS(=O)(=O)c1ccc(C)cc1. The normalized spacial score (nSPS) is 11.8. The maximum absolute atomic E-state index is 12.2. The van der Waals surface area contributed by atoms with E-state index in [2.05, 4.69) is 10.5 Å². The first-order valence-electron chi connectivity index (χ1n) is 5.76. The van der Waals surface area contributed by atoms with Crippen LogP contribution in [0.3, 0.4) is 0 Å². The van der Waals surface area contributed by atoms with Gasteiger partial charge in [0.25, 0.3) is 0 Å². The largest absolute Gasteiger partial charge is 0.241 e. The molecule has 1 N–H and O–H groups in total. The molecule has 0 unspecified atom stereocenters. The Labute approximate surface area is 109 Å². The standard InChI is InChI=1S/C14H19NO2S/c1-5-6-11-14(3,4)15-18(16,17)13-9-7-12(2)8-10-13/h5,7-11,15H,1-4H3. The summed E-state index contributed by atoms with van der Waals surface area (Å²) >= 11 is 0. The molecule has 0 spiro atoms. The topological polar surface area (TPSA) is 46.2 Å². The van der Waals surface area contributed by atoms with Gasteiger partial charge >= 0.3 is 0 Å². The molecule has 18 heavy (non-hydrogen) atoms. The molecule has 0 radical (unpaired) electrons. The van der Waals surface area contributed by atoms with Crippen LogP contribution < -0.4 is 4.72 Å². The van der Waals surface area contributed by atoms with Crippen molar-refractivity contribution in [2.45, 2.75) is 38.1 Å². The third kappa shape index (κ3) is 4.15.